The van der Waals surface area contributed by atoms with Gasteiger partial charge in [-0.15, -0.1) is 0 Å². The minimum absolute atomic E-state index is 0.109. The Kier molecular flexibility index (Phi) is 3.89. The van der Waals surface area contributed by atoms with Gasteiger partial charge in [-0.05, 0) is 31.5 Å². The lowest BCUT2D eigenvalue weighted by Crippen LogP contribution is -2.34. The number of hydrogen-bond acceptors (Lipinski definition) is 5. The number of ether oxygens (including phenoxy) is 3. The Balaban J connectivity index is 1.66. The number of Topliss-reactive ketones (excluding diaryl/α,β-unsaturated/α-hetero) is 1. The molecule has 0 amide bonds. The molecule has 0 bridgehead atoms. The Hall–Kier alpha value is -1.59. The average molecular weight is 277 g/mol. The minimum atomic E-state index is 0.109. The van der Waals surface area contributed by atoms with Gasteiger partial charge in [-0.1, -0.05) is 0 Å². The maximum atomic E-state index is 12.4. The molecule has 3 rings (SSSR count). The van der Waals surface area contributed by atoms with Crippen molar-refractivity contribution < 1.29 is 19.0 Å². The Morgan fingerprint density at radius 3 is 3.10 bits per heavy atom. The van der Waals surface area contributed by atoms with Gasteiger partial charge in [-0.25, -0.2) is 0 Å². The highest BCUT2D eigenvalue weighted by atomic mass is 16.7. The van der Waals surface area contributed by atoms with Crippen LogP contribution in [0.2, 0.25) is 0 Å². The molecule has 20 heavy (non-hydrogen) atoms. The molecule has 1 aromatic rings. The van der Waals surface area contributed by atoms with E-state index in [1.165, 1.54) is 0 Å². The molecule has 1 atom stereocenters. The molecule has 0 N–H and O–H groups in total. The van der Waals surface area contributed by atoms with Crippen molar-refractivity contribution >= 4 is 5.78 Å². The quantitative estimate of drug-likeness (QED) is 0.787. The van der Waals surface area contributed by atoms with Crippen LogP contribution in [0.15, 0.2) is 18.2 Å². The largest absolute Gasteiger partial charge is 0.454 e. The molecule has 2 aliphatic rings. The van der Waals surface area contributed by atoms with Crippen molar-refractivity contribution in [2.45, 2.75) is 19.4 Å². The Morgan fingerprint density at radius 2 is 2.20 bits per heavy atom. The van der Waals surface area contributed by atoms with Crippen molar-refractivity contribution in [2.24, 2.45) is 0 Å². The third-order valence-corrected chi connectivity index (χ3v) is 3.60. The molecular weight excluding hydrogens is 258 g/mol. The van der Waals surface area contributed by atoms with E-state index >= 15 is 0 Å². The molecule has 5 heteroatoms. The SMILES string of the molecule is CC1CN(CC(=O)c2ccc3c(c2)OCO3)CCCO1. The summed E-state index contributed by atoms with van der Waals surface area (Å²) in [5.74, 6) is 1.47. The van der Waals surface area contributed by atoms with E-state index in [1.807, 2.05) is 6.92 Å². The first-order valence-electron chi connectivity index (χ1n) is 6.99. The predicted molar refractivity (Wildman–Crippen MR) is 73.4 cm³/mol. The van der Waals surface area contributed by atoms with Crippen LogP contribution in [0, 0.1) is 0 Å². The Bertz CT molecular complexity index is 503. The van der Waals surface area contributed by atoms with E-state index in [0.29, 0.717) is 23.6 Å². The van der Waals surface area contributed by atoms with Crippen LogP contribution in [0.1, 0.15) is 23.7 Å². The lowest BCUT2D eigenvalue weighted by Gasteiger charge is -2.20. The number of hydrogen-bond donors (Lipinski definition) is 0. The fraction of sp³-hybridized carbons (Fsp3) is 0.533. The van der Waals surface area contributed by atoms with Crippen LogP contribution in [0.25, 0.3) is 0 Å². The van der Waals surface area contributed by atoms with Gasteiger partial charge >= 0.3 is 0 Å². The zero-order valence-corrected chi connectivity index (χ0v) is 11.6. The number of ketones is 1. The van der Waals surface area contributed by atoms with Crippen molar-refractivity contribution in [3.8, 4) is 11.5 Å². The van der Waals surface area contributed by atoms with Crippen molar-refractivity contribution in [1.82, 2.24) is 4.90 Å². The monoisotopic (exact) mass is 277 g/mol. The van der Waals surface area contributed by atoms with Crippen molar-refractivity contribution in [3.63, 3.8) is 0 Å². The summed E-state index contributed by atoms with van der Waals surface area (Å²) < 4.78 is 16.2. The number of carbonyl (C=O) groups excluding carboxylic acids is 1. The average Bonchev–Trinajstić information content (AvgIpc) is 2.81. The van der Waals surface area contributed by atoms with Crippen LogP contribution < -0.4 is 9.47 Å². The van der Waals surface area contributed by atoms with Gasteiger partial charge < -0.3 is 14.2 Å². The van der Waals surface area contributed by atoms with Crippen LogP contribution in [0.4, 0.5) is 0 Å². The van der Waals surface area contributed by atoms with Gasteiger partial charge in [0.1, 0.15) is 0 Å². The summed E-state index contributed by atoms with van der Waals surface area (Å²) in [5, 5.41) is 0. The normalized spacial score (nSPS) is 22.6. The molecule has 0 aromatic heterocycles. The predicted octanol–water partition coefficient (Wildman–Crippen LogP) is 1.71. The van der Waals surface area contributed by atoms with E-state index in [4.69, 9.17) is 14.2 Å². The van der Waals surface area contributed by atoms with Crippen LogP contribution in [0.3, 0.4) is 0 Å². The number of benzene rings is 1. The number of fused-ring (bicyclic) bond motifs is 1. The van der Waals surface area contributed by atoms with Gasteiger partial charge in [-0.2, -0.15) is 0 Å². The van der Waals surface area contributed by atoms with E-state index < -0.39 is 0 Å². The number of nitrogens with zero attached hydrogens (tertiary/aromatic N) is 1. The molecule has 0 saturated carbocycles. The molecule has 2 heterocycles. The summed E-state index contributed by atoms with van der Waals surface area (Å²) in [4.78, 5) is 14.5. The van der Waals surface area contributed by atoms with Gasteiger partial charge in [0.25, 0.3) is 0 Å². The second-order valence-corrected chi connectivity index (χ2v) is 5.26. The van der Waals surface area contributed by atoms with Gasteiger partial charge in [0.2, 0.25) is 6.79 Å². The summed E-state index contributed by atoms with van der Waals surface area (Å²) in [6.45, 7) is 5.18. The lowest BCUT2D eigenvalue weighted by atomic mass is 10.1. The molecule has 0 spiro atoms. The summed E-state index contributed by atoms with van der Waals surface area (Å²) >= 11 is 0. The molecule has 0 aliphatic carbocycles. The molecule has 0 radical (unpaired) electrons. The highest BCUT2D eigenvalue weighted by Gasteiger charge is 2.20. The second-order valence-electron chi connectivity index (χ2n) is 5.26. The fourth-order valence-electron chi connectivity index (χ4n) is 2.59. The maximum absolute atomic E-state index is 12.4. The van der Waals surface area contributed by atoms with Crippen molar-refractivity contribution in [3.05, 3.63) is 23.8 Å². The van der Waals surface area contributed by atoms with E-state index in [0.717, 1.165) is 26.1 Å². The van der Waals surface area contributed by atoms with Crippen LogP contribution in [0.5, 0.6) is 11.5 Å². The third kappa shape index (κ3) is 2.94. The molecule has 108 valence electrons. The molecule has 1 unspecified atom stereocenters. The highest BCUT2D eigenvalue weighted by Crippen LogP contribution is 2.32. The van der Waals surface area contributed by atoms with Gasteiger partial charge in [0, 0.05) is 25.3 Å². The molecule has 1 aromatic carbocycles. The summed E-state index contributed by atoms with van der Waals surface area (Å²) in [6, 6.07) is 5.36. The van der Waals surface area contributed by atoms with Gasteiger partial charge in [0.15, 0.2) is 17.3 Å². The van der Waals surface area contributed by atoms with E-state index in [9.17, 15) is 4.79 Å². The topological polar surface area (TPSA) is 48.0 Å². The van der Waals surface area contributed by atoms with Gasteiger partial charge in [-0.3, -0.25) is 9.69 Å². The van der Waals surface area contributed by atoms with E-state index in [1.54, 1.807) is 18.2 Å². The first-order valence-corrected chi connectivity index (χ1v) is 6.99. The Morgan fingerprint density at radius 1 is 1.35 bits per heavy atom. The highest BCUT2D eigenvalue weighted by molar-refractivity contribution is 5.98. The Labute approximate surface area is 118 Å². The molecule has 5 nitrogen and oxygen atoms in total. The van der Waals surface area contributed by atoms with Crippen molar-refractivity contribution in [1.29, 1.82) is 0 Å². The fourth-order valence-corrected chi connectivity index (χ4v) is 2.59. The summed E-state index contributed by atoms with van der Waals surface area (Å²) in [5.41, 5.74) is 0.673. The van der Waals surface area contributed by atoms with Crippen LogP contribution >= 0.6 is 0 Å². The van der Waals surface area contributed by atoms with Crippen LogP contribution in [-0.4, -0.2) is 49.8 Å². The molecular formula is C15H19NO4. The van der Waals surface area contributed by atoms with Crippen molar-refractivity contribution in [2.75, 3.05) is 33.0 Å². The second kappa shape index (κ2) is 5.81. The first-order chi connectivity index (χ1) is 9.72. The first kappa shape index (κ1) is 13.4. The summed E-state index contributed by atoms with van der Waals surface area (Å²) in [7, 11) is 0. The standard InChI is InChI=1S/C15H19NO4/c1-11-8-16(5-2-6-18-11)9-13(17)12-3-4-14-15(7-12)20-10-19-14/h3-4,7,11H,2,5-6,8-10H2,1H3. The summed E-state index contributed by atoms with van der Waals surface area (Å²) in [6.07, 6.45) is 1.15. The maximum Gasteiger partial charge on any atom is 0.231 e. The zero-order chi connectivity index (χ0) is 13.9. The molecule has 1 saturated heterocycles. The molecule has 1 fully saturated rings. The van der Waals surface area contributed by atoms with Crippen LogP contribution in [-0.2, 0) is 4.74 Å². The minimum Gasteiger partial charge on any atom is -0.454 e. The number of carbonyl (C=O) groups is 1. The van der Waals surface area contributed by atoms with E-state index in [-0.39, 0.29) is 18.7 Å². The lowest BCUT2D eigenvalue weighted by molar-refractivity contribution is 0.0657. The zero-order valence-electron chi connectivity index (χ0n) is 11.6. The molecule has 2 aliphatic heterocycles. The third-order valence-electron chi connectivity index (χ3n) is 3.60. The van der Waals surface area contributed by atoms with Gasteiger partial charge in [0.05, 0.1) is 12.6 Å². The van der Waals surface area contributed by atoms with E-state index in [2.05, 4.69) is 4.90 Å². The number of rotatable bonds is 3. The smallest absolute Gasteiger partial charge is 0.231 e.